The molecular formula is C11H12N2O. The Bertz CT molecular complexity index is 418. The van der Waals surface area contributed by atoms with Crippen molar-refractivity contribution in [2.45, 2.75) is 13.8 Å². The fraction of sp³-hybridized carbons (Fsp3) is 0.182. The molecule has 0 aliphatic rings. The Balaban J connectivity index is 2.26. The Morgan fingerprint density at radius 2 is 2.21 bits per heavy atom. The fourth-order valence-electron chi connectivity index (χ4n) is 1.35. The molecule has 3 heteroatoms. The molecule has 0 aliphatic carbocycles. The van der Waals surface area contributed by atoms with Crippen LogP contribution in [0.25, 0.3) is 12.2 Å². The number of aromatic amines is 1. The van der Waals surface area contributed by atoms with E-state index in [1.54, 1.807) is 0 Å². The lowest BCUT2D eigenvalue weighted by Gasteiger charge is -1.88. The summed E-state index contributed by atoms with van der Waals surface area (Å²) in [7, 11) is 0. The second kappa shape index (κ2) is 3.54. The van der Waals surface area contributed by atoms with Gasteiger partial charge in [0.15, 0.2) is 0 Å². The molecule has 2 rings (SSSR count). The first-order valence-corrected chi connectivity index (χ1v) is 4.52. The van der Waals surface area contributed by atoms with Crippen molar-refractivity contribution >= 4 is 12.2 Å². The SMILES string of the molecule is Cc1noc(C)c1C=Cc1ccc[nH]1. The number of H-pyrrole nitrogens is 1. The molecule has 0 amide bonds. The predicted molar refractivity (Wildman–Crippen MR) is 55.7 cm³/mol. The van der Waals surface area contributed by atoms with Gasteiger partial charge in [0, 0.05) is 17.5 Å². The third-order valence-corrected chi connectivity index (χ3v) is 2.14. The van der Waals surface area contributed by atoms with Crippen LogP contribution in [0.2, 0.25) is 0 Å². The summed E-state index contributed by atoms with van der Waals surface area (Å²) in [6.07, 6.45) is 5.91. The smallest absolute Gasteiger partial charge is 0.141 e. The standard InChI is InChI=1S/C11H12N2O/c1-8-11(9(2)14-13-8)6-5-10-4-3-7-12-10/h3-7,12H,1-2H3. The summed E-state index contributed by atoms with van der Waals surface area (Å²) >= 11 is 0. The Hall–Kier alpha value is -1.77. The first kappa shape index (κ1) is 8.81. The minimum Gasteiger partial charge on any atom is -0.362 e. The lowest BCUT2D eigenvalue weighted by Crippen LogP contribution is -1.76. The van der Waals surface area contributed by atoms with Crippen molar-refractivity contribution in [3.63, 3.8) is 0 Å². The van der Waals surface area contributed by atoms with Crippen LogP contribution in [-0.2, 0) is 0 Å². The Kier molecular flexibility index (Phi) is 2.23. The minimum absolute atomic E-state index is 0.852. The van der Waals surface area contributed by atoms with E-state index >= 15 is 0 Å². The molecule has 2 heterocycles. The lowest BCUT2D eigenvalue weighted by molar-refractivity contribution is 0.393. The van der Waals surface area contributed by atoms with Crippen LogP contribution in [0.3, 0.4) is 0 Å². The van der Waals surface area contributed by atoms with Gasteiger partial charge in [0.1, 0.15) is 5.76 Å². The maximum absolute atomic E-state index is 5.05. The van der Waals surface area contributed by atoms with Crippen LogP contribution in [0.4, 0.5) is 0 Å². The number of nitrogens with one attached hydrogen (secondary N) is 1. The third kappa shape index (κ3) is 1.62. The fourth-order valence-corrected chi connectivity index (χ4v) is 1.35. The highest BCUT2D eigenvalue weighted by molar-refractivity contribution is 5.69. The summed E-state index contributed by atoms with van der Waals surface area (Å²) in [5.41, 5.74) is 3.05. The lowest BCUT2D eigenvalue weighted by atomic mass is 10.2. The molecule has 72 valence electrons. The van der Waals surface area contributed by atoms with Crippen molar-refractivity contribution in [2.75, 3.05) is 0 Å². The van der Waals surface area contributed by atoms with Gasteiger partial charge in [-0.3, -0.25) is 0 Å². The molecule has 14 heavy (non-hydrogen) atoms. The predicted octanol–water partition coefficient (Wildman–Crippen LogP) is 2.79. The number of nitrogens with zero attached hydrogens (tertiary/aromatic N) is 1. The second-order valence-electron chi connectivity index (χ2n) is 3.20. The molecule has 0 fully saturated rings. The summed E-state index contributed by atoms with van der Waals surface area (Å²) in [5, 5.41) is 3.88. The van der Waals surface area contributed by atoms with E-state index in [1.807, 2.05) is 44.3 Å². The van der Waals surface area contributed by atoms with Gasteiger partial charge in [-0.15, -0.1) is 0 Å². The quantitative estimate of drug-likeness (QED) is 0.787. The Labute approximate surface area is 82.4 Å². The Morgan fingerprint density at radius 1 is 1.36 bits per heavy atom. The summed E-state index contributed by atoms with van der Waals surface area (Å²) in [6.45, 7) is 3.85. The van der Waals surface area contributed by atoms with Gasteiger partial charge in [-0.1, -0.05) is 5.16 Å². The van der Waals surface area contributed by atoms with Crippen molar-refractivity contribution in [2.24, 2.45) is 0 Å². The summed E-state index contributed by atoms with van der Waals surface area (Å²) < 4.78 is 5.05. The molecule has 0 aliphatic heterocycles. The molecule has 2 aromatic rings. The molecule has 0 saturated carbocycles. The van der Waals surface area contributed by atoms with E-state index in [0.29, 0.717) is 0 Å². The summed E-state index contributed by atoms with van der Waals surface area (Å²) in [4.78, 5) is 3.10. The van der Waals surface area contributed by atoms with Crippen LogP contribution in [0, 0.1) is 13.8 Å². The van der Waals surface area contributed by atoms with E-state index in [1.165, 1.54) is 0 Å². The van der Waals surface area contributed by atoms with Gasteiger partial charge < -0.3 is 9.51 Å². The molecule has 0 unspecified atom stereocenters. The van der Waals surface area contributed by atoms with E-state index in [4.69, 9.17) is 4.52 Å². The van der Waals surface area contributed by atoms with Crippen molar-refractivity contribution < 1.29 is 4.52 Å². The number of aryl methyl sites for hydroxylation is 2. The molecule has 0 atom stereocenters. The molecular weight excluding hydrogens is 176 g/mol. The zero-order chi connectivity index (χ0) is 9.97. The van der Waals surface area contributed by atoms with Crippen molar-refractivity contribution in [1.82, 2.24) is 10.1 Å². The average molecular weight is 188 g/mol. The zero-order valence-corrected chi connectivity index (χ0v) is 8.24. The van der Waals surface area contributed by atoms with E-state index in [0.717, 1.165) is 22.7 Å². The maximum Gasteiger partial charge on any atom is 0.141 e. The number of hydrogen-bond donors (Lipinski definition) is 1. The molecule has 0 bridgehead atoms. The molecule has 2 aromatic heterocycles. The number of aromatic nitrogens is 2. The van der Waals surface area contributed by atoms with Crippen molar-refractivity contribution in [3.05, 3.63) is 41.0 Å². The molecule has 0 radical (unpaired) electrons. The van der Waals surface area contributed by atoms with Crippen LogP contribution in [-0.4, -0.2) is 10.1 Å². The van der Waals surface area contributed by atoms with Crippen molar-refractivity contribution in [1.29, 1.82) is 0 Å². The van der Waals surface area contributed by atoms with Crippen LogP contribution in [0.15, 0.2) is 22.9 Å². The maximum atomic E-state index is 5.05. The molecule has 3 nitrogen and oxygen atoms in total. The topological polar surface area (TPSA) is 41.8 Å². The molecule has 0 saturated heterocycles. The van der Waals surface area contributed by atoms with Gasteiger partial charge in [-0.05, 0) is 38.1 Å². The van der Waals surface area contributed by atoms with E-state index < -0.39 is 0 Å². The summed E-state index contributed by atoms with van der Waals surface area (Å²) in [6, 6.07) is 3.97. The van der Waals surface area contributed by atoms with Crippen LogP contribution in [0.5, 0.6) is 0 Å². The van der Waals surface area contributed by atoms with E-state index in [-0.39, 0.29) is 0 Å². The highest BCUT2D eigenvalue weighted by Crippen LogP contribution is 2.15. The van der Waals surface area contributed by atoms with Gasteiger partial charge in [0.05, 0.1) is 5.69 Å². The summed E-state index contributed by atoms with van der Waals surface area (Å²) in [5.74, 6) is 0.852. The van der Waals surface area contributed by atoms with E-state index in [2.05, 4.69) is 10.1 Å². The minimum atomic E-state index is 0.852. The van der Waals surface area contributed by atoms with Gasteiger partial charge in [-0.25, -0.2) is 0 Å². The van der Waals surface area contributed by atoms with Crippen molar-refractivity contribution in [3.8, 4) is 0 Å². The van der Waals surface area contributed by atoms with Crippen LogP contribution >= 0.6 is 0 Å². The van der Waals surface area contributed by atoms with Gasteiger partial charge in [0.2, 0.25) is 0 Å². The monoisotopic (exact) mass is 188 g/mol. The first-order valence-electron chi connectivity index (χ1n) is 4.52. The zero-order valence-electron chi connectivity index (χ0n) is 8.24. The van der Waals surface area contributed by atoms with Gasteiger partial charge in [-0.2, -0.15) is 0 Å². The number of rotatable bonds is 2. The highest BCUT2D eigenvalue weighted by atomic mass is 16.5. The average Bonchev–Trinajstić information content (AvgIpc) is 2.76. The third-order valence-electron chi connectivity index (χ3n) is 2.14. The van der Waals surface area contributed by atoms with Gasteiger partial charge >= 0.3 is 0 Å². The first-order chi connectivity index (χ1) is 6.77. The number of hydrogen-bond acceptors (Lipinski definition) is 2. The molecule has 0 spiro atoms. The normalized spacial score (nSPS) is 11.3. The molecule has 0 aromatic carbocycles. The van der Waals surface area contributed by atoms with E-state index in [9.17, 15) is 0 Å². The highest BCUT2D eigenvalue weighted by Gasteiger charge is 2.04. The molecule has 1 N–H and O–H groups in total. The van der Waals surface area contributed by atoms with Crippen LogP contribution < -0.4 is 0 Å². The second-order valence-corrected chi connectivity index (χ2v) is 3.20. The Morgan fingerprint density at radius 3 is 2.79 bits per heavy atom. The van der Waals surface area contributed by atoms with Gasteiger partial charge in [0.25, 0.3) is 0 Å². The van der Waals surface area contributed by atoms with Crippen LogP contribution in [0.1, 0.15) is 22.7 Å². The largest absolute Gasteiger partial charge is 0.362 e.